The van der Waals surface area contributed by atoms with Gasteiger partial charge in [0.05, 0.1) is 0 Å². The summed E-state index contributed by atoms with van der Waals surface area (Å²) in [5, 5.41) is 9.51. The Balaban J connectivity index is 2.08. The van der Waals surface area contributed by atoms with Gasteiger partial charge in [-0.05, 0) is 42.9 Å². The topological polar surface area (TPSA) is 20.2 Å². The van der Waals surface area contributed by atoms with E-state index in [1.165, 1.54) is 44.9 Å². The number of hydrogen-bond acceptors (Lipinski definition) is 1. The van der Waals surface area contributed by atoms with Crippen molar-refractivity contribution in [3.8, 4) is 0 Å². The second-order valence-corrected chi connectivity index (χ2v) is 5.33. The van der Waals surface area contributed by atoms with Crippen molar-refractivity contribution in [3.05, 3.63) is 0 Å². The highest BCUT2D eigenvalue weighted by Gasteiger charge is 2.41. The van der Waals surface area contributed by atoms with Gasteiger partial charge in [0.15, 0.2) is 0 Å². The van der Waals surface area contributed by atoms with Gasteiger partial charge in [0.1, 0.15) is 0 Å². The average molecular weight is 182 g/mol. The highest BCUT2D eigenvalue weighted by Crippen LogP contribution is 2.51. The van der Waals surface area contributed by atoms with Crippen LogP contribution in [0, 0.1) is 17.3 Å². The minimum atomic E-state index is 0.349. The molecule has 3 atom stereocenters. The van der Waals surface area contributed by atoms with Crippen molar-refractivity contribution in [3.63, 3.8) is 0 Å². The first-order valence-electron chi connectivity index (χ1n) is 5.89. The van der Waals surface area contributed by atoms with Crippen molar-refractivity contribution in [2.45, 2.75) is 51.9 Å². The fraction of sp³-hybridized carbons (Fsp3) is 1.00. The van der Waals surface area contributed by atoms with E-state index in [4.69, 9.17) is 0 Å². The summed E-state index contributed by atoms with van der Waals surface area (Å²) in [4.78, 5) is 0. The van der Waals surface area contributed by atoms with E-state index in [1.807, 2.05) is 0 Å². The SMILES string of the molecule is CC[C@H]1C[C@@H]2CCC[C@](CO)(C1)C2. The third-order valence-corrected chi connectivity index (χ3v) is 4.34. The molecule has 2 rings (SSSR count). The number of hydrogen-bond donors (Lipinski definition) is 1. The van der Waals surface area contributed by atoms with Crippen molar-refractivity contribution >= 4 is 0 Å². The molecule has 0 amide bonds. The maximum Gasteiger partial charge on any atom is 0.0487 e. The molecule has 0 saturated heterocycles. The van der Waals surface area contributed by atoms with Gasteiger partial charge in [0.25, 0.3) is 0 Å². The first kappa shape index (κ1) is 9.51. The van der Waals surface area contributed by atoms with Gasteiger partial charge in [-0.1, -0.05) is 26.2 Å². The predicted octanol–water partition coefficient (Wildman–Crippen LogP) is 2.98. The molecule has 1 nitrogen and oxygen atoms in total. The van der Waals surface area contributed by atoms with Crippen LogP contribution < -0.4 is 0 Å². The largest absolute Gasteiger partial charge is 0.396 e. The minimum Gasteiger partial charge on any atom is -0.396 e. The molecule has 0 unspecified atom stereocenters. The normalized spacial score (nSPS) is 44.8. The van der Waals surface area contributed by atoms with Gasteiger partial charge in [0.2, 0.25) is 0 Å². The molecule has 0 aliphatic heterocycles. The zero-order valence-corrected chi connectivity index (χ0v) is 8.76. The Morgan fingerprint density at radius 2 is 2.23 bits per heavy atom. The van der Waals surface area contributed by atoms with Gasteiger partial charge in [-0.3, -0.25) is 0 Å². The van der Waals surface area contributed by atoms with Gasteiger partial charge in [0, 0.05) is 6.61 Å². The van der Waals surface area contributed by atoms with Gasteiger partial charge in [-0.25, -0.2) is 0 Å². The van der Waals surface area contributed by atoms with Crippen LogP contribution in [0.3, 0.4) is 0 Å². The molecular weight excluding hydrogens is 160 g/mol. The minimum absolute atomic E-state index is 0.349. The van der Waals surface area contributed by atoms with Crippen molar-refractivity contribution < 1.29 is 5.11 Å². The highest BCUT2D eigenvalue weighted by molar-refractivity contribution is 4.92. The summed E-state index contributed by atoms with van der Waals surface area (Å²) in [7, 11) is 0. The Morgan fingerprint density at radius 1 is 1.38 bits per heavy atom. The Labute approximate surface area is 81.5 Å². The van der Waals surface area contributed by atoms with Crippen LogP contribution in [-0.2, 0) is 0 Å². The van der Waals surface area contributed by atoms with Crippen LogP contribution in [0.4, 0.5) is 0 Å². The van der Waals surface area contributed by atoms with E-state index in [2.05, 4.69) is 6.92 Å². The summed E-state index contributed by atoms with van der Waals surface area (Å²) in [6.45, 7) is 2.75. The molecule has 2 fully saturated rings. The molecule has 1 heteroatoms. The zero-order valence-electron chi connectivity index (χ0n) is 8.76. The maximum atomic E-state index is 9.51. The third-order valence-electron chi connectivity index (χ3n) is 4.34. The van der Waals surface area contributed by atoms with Crippen LogP contribution >= 0.6 is 0 Å². The molecule has 0 spiro atoms. The molecule has 0 radical (unpaired) electrons. The summed E-state index contributed by atoms with van der Waals surface area (Å²) in [6, 6.07) is 0. The lowest BCUT2D eigenvalue weighted by Gasteiger charge is -2.47. The van der Waals surface area contributed by atoms with Crippen LogP contribution in [0.2, 0.25) is 0 Å². The van der Waals surface area contributed by atoms with Gasteiger partial charge in [-0.2, -0.15) is 0 Å². The fourth-order valence-corrected chi connectivity index (χ4v) is 3.66. The molecule has 13 heavy (non-hydrogen) atoms. The summed E-state index contributed by atoms with van der Waals surface area (Å²) in [5.74, 6) is 1.85. The Hall–Kier alpha value is -0.0400. The molecule has 2 aliphatic rings. The van der Waals surface area contributed by atoms with E-state index in [9.17, 15) is 5.11 Å². The number of aliphatic hydroxyl groups is 1. The second-order valence-electron chi connectivity index (χ2n) is 5.33. The second kappa shape index (κ2) is 3.61. The van der Waals surface area contributed by atoms with Crippen LogP contribution in [0.25, 0.3) is 0 Å². The van der Waals surface area contributed by atoms with Crippen molar-refractivity contribution in [1.82, 2.24) is 0 Å². The number of fused-ring (bicyclic) bond motifs is 2. The van der Waals surface area contributed by atoms with E-state index in [1.54, 1.807) is 0 Å². The quantitative estimate of drug-likeness (QED) is 0.696. The Bertz CT molecular complexity index is 178. The summed E-state index contributed by atoms with van der Waals surface area (Å²) >= 11 is 0. The van der Waals surface area contributed by atoms with Crippen LogP contribution in [-0.4, -0.2) is 11.7 Å². The van der Waals surface area contributed by atoms with Crippen LogP contribution in [0.15, 0.2) is 0 Å². The van der Waals surface area contributed by atoms with E-state index < -0.39 is 0 Å². The fourth-order valence-electron chi connectivity index (χ4n) is 3.66. The molecule has 0 aromatic heterocycles. The molecule has 0 aromatic carbocycles. The summed E-state index contributed by atoms with van der Waals surface area (Å²) in [6.07, 6.45) is 9.46. The zero-order chi connectivity index (χ0) is 9.31. The van der Waals surface area contributed by atoms with Crippen LogP contribution in [0.5, 0.6) is 0 Å². The van der Waals surface area contributed by atoms with Crippen molar-refractivity contribution in [2.75, 3.05) is 6.61 Å². The van der Waals surface area contributed by atoms with E-state index in [0.29, 0.717) is 12.0 Å². The number of aliphatic hydroxyl groups excluding tert-OH is 1. The van der Waals surface area contributed by atoms with Crippen molar-refractivity contribution in [1.29, 1.82) is 0 Å². The Kier molecular flexibility index (Phi) is 2.64. The van der Waals surface area contributed by atoms with E-state index >= 15 is 0 Å². The first-order chi connectivity index (χ1) is 6.28. The lowest BCUT2D eigenvalue weighted by Crippen LogP contribution is -2.39. The third kappa shape index (κ3) is 1.76. The molecule has 1 N–H and O–H groups in total. The molecule has 0 aromatic rings. The molecule has 0 heterocycles. The van der Waals surface area contributed by atoms with Gasteiger partial charge >= 0.3 is 0 Å². The lowest BCUT2D eigenvalue weighted by molar-refractivity contribution is -0.00860. The Morgan fingerprint density at radius 3 is 2.92 bits per heavy atom. The smallest absolute Gasteiger partial charge is 0.0487 e. The van der Waals surface area contributed by atoms with E-state index in [-0.39, 0.29) is 0 Å². The average Bonchev–Trinajstić information content (AvgIpc) is 2.17. The van der Waals surface area contributed by atoms with Crippen molar-refractivity contribution in [2.24, 2.45) is 17.3 Å². The summed E-state index contributed by atoms with van der Waals surface area (Å²) < 4.78 is 0. The molecule has 2 aliphatic carbocycles. The first-order valence-corrected chi connectivity index (χ1v) is 5.89. The number of rotatable bonds is 2. The molecular formula is C12H22O. The molecule has 2 bridgehead atoms. The predicted molar refractivity (Wildman–Crippen MR) is 54.5 cm³/mol. The molecule has 2 saturated carbocycles. The lowest BCUT2D eigenvalue weighted by atomic mass is 9.59. The standard InChI is InChI=1S/C12H22O/c1-2-10-6-11-4-3-5-12(7-10,8-11)9-13/h10-11,13H,2-9H2,1H3/t10-,11-,12-/m0/s1. The van der Waals surface area contributed by atoms with Crippen LogP contribution in [0.1, 0.15) is 51.9 Å². The summed E-state index contributed by atoms with van der Waals surface area (Å²) in [5.41, 5.74) is 0.349. The monoisotopic (exact) mass is 182 g/mol. The van der Waals surface area contributed by atoms with E-state index in [0.717, 1.165) is 11.8 Å². The van der Waals surface area contributed by atoms with Gasteiger partial charge in [-0.15, -0.1) is 0 Å². The molecule has 76 valence electrons. The maximum absolute atomic E-state index is 9.51. The highest BCUT2D eigenvalue weighted by atomic mass is 16.3. The van der Waals surface area contributed by atoms with Gasteiger partial charge < -0.3 is 5.11 Å².